The first-order valence-corrected chi connectivity index (χ1v) is 12.4. The number of amides is 4. The van der Waals surface area contributed by atoms with Gasteiger partial charge in [-0.15, -0.1) is 0 Å². The molecule has 0 fully saturated rings. The quantitative estimate of drug-likeness (QED) is 0.512. The summed E-state index contributed by atoms with van der Waals surface area (Å²) in [5, 5.41) is 5.95. The Hall–Kier alpha value is -4.33. The van der Waals surface area contributed by atoms with Crippen molar-refractivity contribution in [3.05, 3.63) is 106 Å². The number of nitrogens with zero attached hydrogens (tertiary/aromatic N) is 2. The van der Waals surface area contributed by atoms with E-state index in [2.05, 4.69) is 10.6 Å². The van der Waals surface area contributed by atoms with E-state index >= 15 is 0 Å². The molecule has 2 aliphatic heterocycles. The summed E-state index contributed by atoms with van der Waals surface area (Å²) < 4.78 is 5.36. The zero-order valence-corrected chi connectivity index (χ0v) is 21.2. The number of rotatable bonds is 7. The normalized spacial score (nSPS) is 18.1. The second-order valence-corrected chi connectivity index (χ2v) is 9.39. The number of furan rings is 1. The van der Waals surface area contributed by atoms with E-state index < -0.39 is 12.1 Å². The fourth-order valence-electron chi connectivity index (χ4n) is 5.23. The predicted octanol–water partition coefficient (Wildman–Crippen LogP) is 4.14. The third-order valence-electron chi connectivity index (χ3n) is 6.99. The summed E-state index contributed by atoms with van der Waals surface area (Å²) in [4.78, 5) is 44.0. The minimum atomic E-state index is -0.872. The van der Waals surface area contributed by atoms with Crippen LogP contribution < -0.4 is 10.6 Å². The van der Waals surface area contributed by atoms with Gasteiger partial charge in [0.2, 0.25) is 5.91 Å². The van der Waals surface area contributed by atoms with Crippen molar-refractivity contribution >= 4 is 17.8 Å². The Balaban J connectivity index is 1.53. The van der Waals surface area contributed by atoms with Gasteiger partial charge in [0.25, 0.3) is 5.91 Å². The van der Waals surface area contributed by atoms with Gasteiger partial charge in [0.05, 0.1) is 36.7 Å². The van der Waals surface area contributed by atoms with Crippen LogP contribution in [-0.2, 0) is 16.1 Å². The number of aryl methyl sites for hydroxylation is 2. The molecule has 0 unspecified atom stereocenters. The first-order valence-electron chi connectivity index (χ1n) is 12.4. The standard InChI is InChI=1S/C29H30N4O4/c1-4-32-23-17-33(26(20-9-6-5-7-10-20)27(34)30-16-21-11-8-14-37-21)28(35)24(23)25(31-29(32)36)22-13-12-18(2)15-19(22)3/h5-15,25-26H,4,16-17H2,1-3H3,(H,30,34)(H,31,36)/t25-,26+/m1/s1. The minimum absolute atomic E-state index is 0.157. The average Bonchev–Trinajstić information content (AvgIpc) is 3.52. The molecule has 3 aromatic rings. The molecule has 0 saturated heterocycles. The van der Waals surface area contributed by atoms with Crippen molar-refractivity contribution < 1.29 is 18.8 Å². The number of carbonyl (C=O) groups is 3. The number of likely N-dealkylation sites (N-methyl/N-ethyl adjacent to an activating group) is 1. The summed E-state index contributed by atoms with van der Waals surface area (Å²) in [5.74, 6) is 0.0359. The van der Waals surface area contributed by atoms with Crippen LogP contribution in [0, 0.1) is 13.8 Å². The zero-order valence-electron chi connectivity index (χ0n) is 21.2. The Morgan fingerprint density at radius 1 is 1.11 bits per heavy atom. The molecule has 2 aromatic carbocycles. The summed E-state index contributed by atoms with van der Waals surface area (Å²) >= 11 is 0. The van der Waals surface area contributed by atoms with Crippen molar-refractivity contribution in [2.24, 2.45) is 0 Å². The van der Waals surface area contributed by atoms with Crippen LogP contribution >= 0.6 is 0 Å². The van der Waals surface area contributed by atoms with Crippen LogP contribution in [0.2, 0.25) is 0 Å². The molecule has 0 spiro atoms. The molecule has 0 saturated carbocycles. The first kappa shape index (κ1) is 24.4. The van der Waals surface area contributed by atoms with Crippen LogP contribution in [0.15, 0.2) is 82.6 Å². The van der Waals surface area contributed by atoms with E-state index in [-0.39, 0.29) is 30.9 Å². The van der Waals surface area contributed by atoms with Gasteiger partial charge < -0.3 is 20.0 Å². The summed E-state index contributed by atoms with van der Waals surface area (Å²) in [6.07, 6.45) is 1.55. The highest BCUT2D eigenvalue weighted by Crippen LogP contribution is 2.40. The SMILES string of the molecule is CCN1C(=O)N[C@H](c2ccc(C)cc2C)C2=C1CN([C@H](C(=O)NCc1ccco1)c1ccccc1)C2=O. The number of urea groups is 1. The Morgan fingerprint density at radius 2 is 1.89 bits per heavy atom. The maximum absolute atomic E-state index is 14.1. The van der Waals surface area contributed by atoms with Crippen molar-refractivity contribution in [3.8, 4) is 0 Å². The van der Waals surface area contributed by atoms with E-state index in [0.29, 0.717) is 29.1 Å². The first-order chi connectivity index (χ1) is 17.9. The van der Waals surface area contributed by atoms with Gasteiger partial charge in [-0.1, -0.05) is 54.1 Å². The number of hydrogen-bond donors (Lipinski definition) is 2. The third-order valence-corrected chi connectivity index (χ3v) is 6.99. The van der Waals surface area contributed by atoms with E-state index in [4.69, 9.17) is 4.42 Å². The lowest BCUT2D eigenvalue weighted by molar-refractivity contribution is -0.136. The molecule has 37 heavy (non-hydrogen) atoms. The highest BCUT2D eigenvalue weighted by atomic mass is 16.3. The van der Waals surface area contributed by atoms with Crippen molar-refractivity contribution in [1.29, 1.82) is 0 Å². The smallest absolute Gasteiger partial charge is 0.322 e. The van der Waals surface area contributed by atoms with Gasteiger partial charge in [-0.2, -0.15) is 0 Å². The number of hydrogen-bond acceptors (Lipinski definition) is 4. The van der Waals surface area contributed by atoms with Crippen LogP contribution in [0.4, 0.5) is 4.79 Å². The van der Waals surface area contributed by atoms with Gasteiger partial charge in [-0.3, -0.25) is 14.5 Å². The predicted molar refractivity (Wildman–Crippen MR) is 138 cm³/mol. The molecule has 5 rings (SSSR count). The van der Waals surface area contributed by atoms with Crippen LogP contribution in [0.3, 0.4) is 0 Å². The molecule has 2 atom stereocenters. The van der Waals surface area contributed by atoms with Gasteiger partial charge >= 0.3 is 6.03 Å². The molecule has 2 aliphatic rings. The Morgan fingerprint density at radius 3 is 2.57 bits per heavy atom. The van der Waals surface area contributed by atoms with Crippen LogP contribution in [0.5, 0.6) is 0 Å². The topological polar surface area (TPSA) is 94.9 Å². The number of carbonyl (C=O) groups excluding carboxylic acids is 3. The molecule has 0 radical (unpaired) electrons. The third kappa shape index (κ3) is 4.50. The Bertz CT molecular complexity index is 1360. The lowest BCUT2D eigenvalue weighted by Gasteiger charge is -2.33. The van der Waals surface area contributed by atoms with Gasteiger partial charge in [0.1, 0.15) is 11.8 Å². The fraction of sp³-hybridized carbons (Fsp3) is 0.276. The summed E-state index contributed by atoms with van der Waals surface area (Å²) in [6.45, 7) is 6.63. The monoisotopic (exact) mass is 498 g/mol. The Labute approximate surface area is 215 Å². The van der Waals surface area contributed by atoms with Gasteiger partial charge in [0.15, 0.2) is 0 Å². The van der Waals surface area contributed by atoms with Crippen molar-refractivity contribution in [2.75, 3.05) is 13.1 Å². The summed E-state index contributed by atoms with van der Waals surface area (Å²) in [7, 11) is 0. The van der Waals surface area contributed by atoms with E-state index in [1.165, 1.54) is 0 Å². The summed E-state index contributed by atoms with van der Waals surface area (Å²) in [6, 6.07) is 17.0. The van der Waals surface area contributed by atoms with Crippen molar-refractivity contribution in [1.82, 2.24) is 20.4 Å². The number of nitrogens with one attached hydrogen (secondary N) is 2. The maximum Gasteiger partial charge on any atom is 0.322 e. The van der Waals surface area contributed by atoms with Crippen molar-refractivity contribution in [3.63, 3.8) is 0 Å². The van der Waals surface area contributed by atoms with E-state index in [9.17, 15) is 14.4 Å². The number of benzene rings is 2. The van der Waals surface area contributed by atoms with E-state index in [1.807, 2.05) is 69.3 Å². The lowest BCUT2D eigenvalue weighted by Crippen LogP contribution is -2.47. The largest absolute Gasteiger partial charge is 0.467 e. The maximum atomic E-state index is 14.1. The summed E-state index contributed by atoms with van der Waals surface area (Å²) in [5.41, 5.74) is 4.80. The molecule has 1 aromatic heterocycles. The second-order valence-electron chi connectivity index (χ2n) is 9.39. The molecule has 8 nitrogen and oxygen atoms in total. The molecular formula is C29H30N4O4. The van der Waals surface area contributed by atoms with Gasteiger partial charge in [-0.05, 0) is 49.6 Å². The van der Waals surface area contributed by atoms with Crippen LogP contribution in [-0.4, -0.2) is 40.7 Å². The average molecular weight is 499 g/mol. The highest BCUT2D eigenvalue weighted by molar-refractivity contribution is 6.04. The molecule has 3 heterocycles. The molecule has 4 amide bonds. The van der Waals surface area contributed by atoms with Gasteiger partial charge in [-0.25, -0.2) is 4.79 Å². The Kier molecular flexibility index (Phi) is 6.56. The van der Waals surface area contributed by atoms with E-state index in [0.717, 1.165) is 16.7 Å². The zero-order chi connectivity index (χ0) is 26.1. The molecule has 0 bridgehead atoms. The van der Waals surface area contributed by atoms with Crippen LogP contribution in [0.25, 0.3) is 0 Å². The lowest BCUT2D eigenvalue weighted by atomic mass is 9.91. The fourth-order valence-corrected chi connectivity index (χ4v) is 5.23. The minimum Gasteiger partial charge on any atom is -0.467 e. The van der Waals surface area contributed by atoms with Gasteiger partial charge in [0, 0.05) is 6.54 Å². The van der Waals surface area contributed by atoms with Crippen LogP contribution in [0.1, 0.15) is 47.0 Å². The highest BCUT2D eigenvalue weighted by Gasteiger charge is 2.47. The molecule has 190 valence electrons. The van der Waals surface area contributed by atoms with Crippen molar-refractivity contribution in [2.45, 2.75) is 39.4 Å². The molecule has 8 heteroatoms. The van der Waals surface area contributed by atoms with E-state index in [1.54, 1.807) is 28.2 Å². The second kappa shape index (κ2) is 9.97. The molecular weight excluding hydrogens is 468 g/mol. The molecule has 2 N–H and O–H groups in total. The molecule has 0 aliphatic carbocycles.